The number of nitrogens with two attached hydrogens (primary N) is 1. The van der Waals surface area contributed by atoms with Gasteiger partial charge in [-0.15, -0.1) is 0 Å². The van der Waals surface area contributed by atoms with Crippen LogP contribution in [-0.4, -0.2) is 6.61 Å². The number of halogens is 1. The highest BCUT2D eigenvalue weighted by molar-refractivity contribution is 6.30. The Hall–Kier alpha value is -0.730. The Bertz CT molecular complexity index is 337. The summed E-state index contributed by atoms with van der Waals surface area (Å²) in [6, 6.07) is 5.53. The van der Waals surface area contributed by atoms with Crippen LogP contribution in [0, 0.1) is 5.92 Å². The molecule has 0 aromatic heterocycles. The third-order valence-corrected chi connectivity index (χ3v) is 2.65. The van der Waals surface area contributed by atoms with Crippen LogP contribution in [0.25, 0.3) is 0 Å². The Labute approximate surface area is 103 Å². The topological polar surface area (TPSA) is 35.2 Å². The molecule has 1 aromatic carbocycles. The molecular formula is C13H20ClNO. The summed E-state index contributed by atoms with van der Waals surface area (Å²) in [5.74, 6) is 1.49. The van der Waals surface area contributed by atoms with Crippen LogP contribution in [0.3, 0.4) is 0 Å². The first-order chi connectivity index (χ1) is 7.50. The quantitative estimate of drug-likeness (QED) is 0.852. The molecule has 2 N–H and O–H groups in total. The number of hydrogen-bond donors (Lipinski definition) is 1. The Kier molecular flexibility index (Phi) is 5.10. The minimum absolute atomic E-state index is 0.0623. The molecule has 0 amide bonds. The van der Waals surface area contributed by atoms with Crippen molar-refractivity contribution in [2.45, 2.75) is 33.2 Å². The molecule has 1 atom stereocenters. The molecule has 3 heteroatoms. The summed E-state index contributed by atoms with van der Waals surface area (Å²) in [4.78, 5) is 0. The van der Waals surface area contributed by atoms with Crippen molar-refractivity contribution in [1.82, 2.24) is 0 Å². The molecule has 16 heavy (non-hydrogen) atoms. The zero-order valence-electron chi connectivity index (χ0n) is 10.2. The molecule has 1 aromatic rings. The normalized spacial score (nSPS) is 12.9. The van der Waals surface area contributed by atoms with Gasteiger partial charge in [0.05, 0.1) is 6.61 Å². The summed E-state index contributed by atoms with van der Waals surface area (Å²) in [7, 11) is 0. The number of ether oxygens (including phenoxy) is 1. The van der Waals surface area contributed by atoms with Crippen LogP contribution in [0.5, 0.6) is 5.75 Å². The van der Waals surface area contributed by atoms with Crippen LogP contribution < -0.4 is 10.5 Å². The van der Waals surface area contributed by atoms with E-state index in [0.29, 0.717) is 10.9 Å². The lowest BCUT2D eigenvalue weighted by Gasteiger charge is -2.15. The molecule has 90 valence electrons. The lowest BCUT2D eigenvalue weighted by molar-refractivity contribution is 0.286. The standard InChI is InChI=1S/C13H20ClNO/c1-9(2)6-7-16-13-5-4-11(14)8-12(13)10(3)15/h4-5,8-10H,6-7,15H2,1-3H3/t10-/m1/s1. The van der Waals surface area contributed by atoms with E-state index >= 15 is 0 Å². The summed E-state index contributed by atoms with van der Waals surface area (Å²) in [5, 5.41) is 0.698. The highest BCUT2D eigenvalue weighted by Crippen LogP contribution is 2.27. The SMILES string of the molecule is CC(C)CCOc1ccc(Cl)cc1[C@@H](C)N. The second-order valence-electron chi connectivity index (χ2n) is 4.50. The molecule has 0 spiro atoms. The first-order valence-corrected chi connectivity index (χ1v) is 6.06. The van der Waals surface area contributed by atoms with Gasteiger partial charge in [-0.05, 0) is 37.5 Å². The Morgan fingerprint density at radius 3 is 2.56 bits per heavy atom. The van der Waals surface area contributed by atoms with Crippen molar-refractivity contribution < 1.29 is 4.74 Å². The Morgan fingerprint density at radius 2 is 2.00 bits per heavy atom. The zero-order chi connectivity index (χ0) is 12.1. The molecule has 0 bridgehead atoms. The van der Waals surface area contributed by atoms with Crippen molar-refractivity contribution >= 4 is 11.6 Å². The van der Waals surface area contributed by atoms with E-state index in [1.807, 2.05) is 25.1 Å². The summed E-state index contributed by atoms with van der Waals surface area (Å²) in [5.41, 5.74) is 6.85. The van der Waals surface area contributed by atoms with E-state index in [9.17, 15) is 0 Å². The average Bonchev–Trinajstić information content (AvgIpc) is 2.19. The molecule has 0 radical (unpaired) electrons. The van der Waals surface area contributed by atoms with Gasteiger partial charge in [-0.25, -0.2) is 0 Å². The minimum Gasteiger partial charge on any atom is -0.493 e. The van der Waals surface area contributed by atoms with Crippen LogP contribution in [0.15, 0.2) is 18.2 Å². The maximum absolute atomic E-state index is 5.93. The molecule has 0 saturated carbocycles. The first-order valence-electron chi connectivity index (χ1n) is 5.68. The van der Waals surface area contributed by atoms with Crippen LogP contribution in [0.1, 0.15) is 38.8 Å². The molecule has 0 aliphatic heterocycles. The largest absolute Gasteiger partial charge is 0.493 e. The van der Waals surface area contributed by atoms with Crippen molar-refractivity contribution in [3.8, 4) is 5.75 Å². The molecule has 0 aliphatic carbocycles. The molecule has 0 unspecified atom stereocenters. The molecule has 2 nitrogen and oxygen atoms in total. The van der Waals surface area contributed by atoms with E-state index in [4.69, 9.17) is 22.1 Å². The third-order valence-electron chi connectivity index (χ3n) is 2.42. The second-order valence-corrected chi connectivity index (χ2v) is 4.94. The van der Waals surface area contributed by atoms with Gasteiger partial charge in [0, 0.05) is 16.6 Å². The van der Waals surface area contributed by atoms with Gasteiger partial charge in [-0.2, -0.15) is 0 Å². The van der Waals surface area contributed by atoms with E-state index in [1.165, 1.54) is 0 Å². The van der Waals surface area contributed by atoms with Crippen LogP contribution in [-0.2, 0) is 0 Å². The number of hydrogen-bond acceptors (Lipinski definition) is 2. The van der Waals surface area contributed by atoms with Gasteiger partial charge in [-0.1, -0.05) is 25.4 Å². The summed E-state index contributed by atoms with van der Waals surface area (Å²) in [6.07, 6.45) is 1.04. The predicted molar refractivity (Wildman–Crippen MR) is 69.0 cm³/mol. The van der Waals surface area contributed by atoms with E-state index in [1.54, 1.807) is 0 Å². The minimum atomic E-state index is -0.0623. The lowest BCUT2D eigenvalue weighted by atomic mass is 10.1. The Balaban J connectivity index is 2.71. The Morgan fingerprint density at radius 1 is 1.31 bits per heavy atom. The lowest BCUT2D eigenvalue weighted by Crippen LogP contribution is -2.09. The van der Waals surface area contributed by atoms with E-state index in [-0.39, 0.29) is 6.04 Å². The highest BCUT2D eigenvalue weighted by Gasteiger charge is 2.09. The summed E-state index contributed by atoms with van der Waals surface area (Å²) >= 11 is 5.93. The average molecular weight is 242 g/mol. The number of rotatable bonds is 5. The number of benzene rings is 1. The molecule has 0 saturated heterocycles. The van der Waals surface area contributed by atoms with Crippen LogP contribution in [0.2, 0.25) is 5.02 Å². The maximum Gasteiger partial charge on any atom is 0.124 e. The summed E-state index contributed by atoms with van der Waals surface area (Å²) < 4.78 is 5.73. The van der Waals surface area contributed by atoms with E-state index < -0.39 is 0 Å². The zero-order valence-corrected chi connectivity index (χ0v) is 10.9. The molecular weight excluding hydrogens is 222 g/mol. The van der Waals surface area contributed by atoms with Crippen molar-refractivity contribution in [2.24, 2.45) is 11.7 Å². The molecule has 0 aliphatic rings. The van der Waals surface area contributed by atoms with Crippen LogP contribution in [0.4, 0.5) is 0 Å². The maximum atomic E-state index is 5.93. The van der Waals surface area contributed by atoms with Crippen molar-refractivity contribution in [1.29, 1.82) is 0 Å². The fourth-order valence-corrected chi connectivity index (χ4v) is 1.59. The van der Waals surface area contributed by atoms with Gasteiger partial charge < -0.3 is 10.5 Å². The van der Waals surface area contributed by atoms with Crippen molar-refractivity contribution in [3.63, 3.8) is 0 Å². The second kappa shape index (κ2) is 6.12. The molecule has 0 heterocycles. The molecule has 1 rings (SSSR count). The summed E-state index contributed by atoms with van der Waals surface area (Å²) in [6.45, 7) is 7.01. The third kappa shape index (κ3) is 4.03. The fraction of sp³-hybridized carbons (Fsp3) is 0.538. The van der Waals surface area contributed by atoms with Gasteiger partial charge in [0.2, 0.25) is 0 Å². The first kappa shape index (κ1) is 13.3. The van der Waals surface area contributed by atoms with Gasteiger partial charge in [-0.3, -0.25) is 0 Å². The van der Waals surface area contributed by atoms with Gasteiger partial charge >= 0.3 is 0 Å². The van der Waals surface area contributed by atoms with Crippen molar-refractivity contribution in [3.05, 3.63) is 28.8 Å². The van der Waals surface area contributed by atoms with Gasteiger partial charge in [0.15, 0.2) is 0 Å². The predicted octanol–water partition coefficient (Wildman–Crippen LogP) is 3.78. The van der Waals surface area contributed by atoms with Crippen molar-refractivity contribution in [2.75, 3.05) is 6.61 Å². The van der Waals surface area contributed by atoms with Gasteiger partial charge in [0.1, 0.15) is 5.75 Å². The fourth-order valence-electron chi connectivity index (χ4n) is 1.41. The van der Waals surface area contributed by atoms with Crippen LogP contribution >= 0.6 is 11.6 Å². The smallest absolute Gasteiger partial charge is 0.124 e. The molecule has 0 fully saturated rings. The monoisotopic (exact) mass is 241 g/mol. The van der Waals surface area contributed by atoms with E-state index in [0.717, 1.165) is 24.3 Å². The van der Waals surface area contributed by atoms with Gasteiger partial charge in [0.25, 0.3) is 0 Å². The highest BCUT2D eigenvalue weighted by atomic mass is 35.5. The van der Waals surface area contributed by atoms with E-state index in [2.05, 4.69) is 13.8 Å².